The molecule has 2 rings (SSSR count). The Morgan fingerprint density at radius 1 is 1.30 bits per heavy atom. The van der Waals surface area contributed by atoms with Crippen molar-refractivity contribution in [2.45, 2.75) is 20.5 Å². The lowest BCUT2D eigenvalue weighted by molar-refractivity contribution is 0.101. The molecule has 0 aromatic heterocycles. The number of aryl methyl sites for hydroxylation is 1. The molecule has 0 saturated heterocycles. The number of carbonyl (C=O) groups excluding carboxylic acids is 1. The molecule has 2 aromatic carbocycles. The zero-order chi connectivity index (χ0) is 14.7. The molecule has 0 aliphatic carbocycles. The number of ketones is 1. The monoisotopic (exact) mass is 274 g/mol. The third-order valence-electron chi connectivity index (χ3n) is 2.95. The van der Waals surface area contributed by atoms with Gasteiger partial charge in [-0.25, -0.2) is 4.39 Å². The number of aliphatic hydroxyl groups is 1. The summed E-state index contributed by atoms with van der Waals surface area (Å²) in [5, 5.41) is 9.09. The molecule has 20 heavy (non-hydrogen) atoms. The SMILES string of the molecule is CC(=O)c1cc(F)c(C)cc1Oc1cccc(CO)c1. The number of Topliss-reactive ketones (excluding diaryl/α,β-unsaturated/α-hetero) is 1. The van der Waals surface area contributed by atoms with E-state index in [9.17, 15) is 9.18 Å². The Hall–Kier alpha value is -2.20. The van der Waals surface area contributed by atoms with Crippen molar-refractivity contribution < 1.29 is 19.0 Å². The van der Waals surface area contributed by atoms with Crippen molar-refractivity contribution in [3.63, 3.8) is 0 Å². The number of rotatable bonds is 4. The van der Waals surface area contributed by atoms with E-state index in [1.54, 1.807) is 31.2 Å². The second kappa shape index (κ2) is 5.84. The van der Waals surface area contributed by atoms with E-state index in [4.69, 9.17) is 9.84 Å². The van der Waals surface area contributed by atoms with Crippen molar-refractivity contribution in [1.29, 1.82) is 0 Å². The average Bonchev–Trinajstić information content (AvgIpc) is 2.42. The quantitative estimate of drug-likeness (QED) is 0.866. The van der Waals surface area contributed by atoms with Gasteiger partial charge in [0.25, 0.3) is 0 Å². The lowest BCUT2D eigenvalue weighted by atomic mass is 10.1. The largest absolute Gasteiger partial charge is 0.457 e. The molecule has 4 heteroatoms. The van der Waals surface area contributed by atoms with E-state index >= 15 is 0 Å². The smallest absolute Gasteiger partial charge is 0.163 e. The minimum atomic E-state index is -0.438. The number of carbonyl (C=O) groups is 1. The van der Waals surface area contributed by atoms with Crippen LogP contribution in [0.25, 0.3) is 0 Å². The fourth-order valence-electron chi connectivity index (χ4n) is 1.85. The Bertz CT molecular complexity index is 650. The lowest BCUT2D eigenvalue weighted by Crippen LogP contribution is -2.00. The molecule has 0 unspecified atom stereocenters. The maximum absolute atomic E-state index is 13.5. The third kappa shape index (κ3) is 3.03. The molecule has 0 aliphatic rings. The van der Waals surface area contributed by atoms with E-state index in [1.165, 1.54) is 19.1 Å². The van der Waals surface area contributed by atoms with Crippen molar-refractivity contribution in [3.8, 4) is 11.5 Å². The van der Waals surface area contributed by atoms with Crippen LogP contribution in [0.3, 0.4) is 0 Å². The van der Waals surface area contributed by atoms with Crippen LogP contribution in [0.15, 0.2) is 36.4 Å². The lowest BCUT2D eigenvalue weighted by Gasteiger charge is -2.11. The molecule has 104 valence electrons. The van der Waals surface area contributed by atoms with Gasteiger partial charge in [0.1, 0.15) is 17.3 Å². The van der Waals surface area contributed by atoms with Crippen molar-refractivity contribution in [2.75, 3.05) is 0 Å². The van der Waals surface area contributed by atoms with E-state index in [-0.39, 0.29) is 18.0 Å². The summed E-state index contributed by atoms with van der Waals surface area (Å²) in [6, 6.07) is 9.56. The van der Waals surface area contributed by atoms with Gasteiger partial charge in [-0.15, -0.1) is 0 Å². The van der Waals surface area contributed by atoms with Crippen LogP contribution in [0.4, 0.5) is 4.39 Å². The molecule has 2 aromatic rings. The molecular weight excluding hydrogens is 259 g/mol. The first-order chi connectivity index (χ1) is 9.51. The van der Waals surface area contributed by atoms with E-state index in [1.807, 2.05) is 0 Å². The molecule has 0 heterocycles. The Kier molecular flexibility index (Phi) is 4.15. The number of hydrogen-bond acceptors (Lipinski definition) is 3. The van der Waals surface area contributed by atoms with Gasteiger partial charge >= 0.3 is 0 Å². The third-order valence-corrected chi connectivity index (χ3v) is 2.95. The average molecular weight is 274 g/mol. The van der Waals surface area contributed by atoms with Gasteiger partial charge in [-0.05, 0) is 49.2 Å². The van der Waals surface area contributed by atoms with Gasteiger partial charge in [0.2, 0.25) is 0 Å². The van der Waals surface area contributed by atoms with Crippen LogP contribution in [-0.2, 0) is 6.61 Å². The van der Waals surface area contributed by atoms with Gasteiger partial charge in [0.05, 0.1) is 12.2 Å². The minimum Gasteiger partial charge on any atom is -0.457 e. The highest BCUT2D eigenvalue weighted by Gasteiger charge is 2.13. The Morgan fingerprint density at radius 2 is 2.05 bits per heavy atom. The zero-order valence-electron chi connectivity index (χ0n) is 11.3. The van der Waals surface area contributed by atoms with Crippen LogP contribution < -0.4 is 4.74 Å². The van der Waals surface area contributed by atoms with E-state index in [2.05, 4.69) is 0 Å². The first-order valence-corrected chi connectivity index (χ1v) is 6.20. The molecule has 0 radical (unpaired) electrons. The predicted molar refractivity (Wildman–Crippen MR) is 73.6 cm³/mol. The normalized spacial score (nSPS) is 10.4. The minimum absolute atomic E-state index is 0.0980. The molecule has 0 bridgehead atoms. The fraction of sp³-hybridized carbons (Fsp3) is 0.188. The summed E-state index contributed by atoms with van der Waals surface area (Å²) in [6.07, 6.45) is 0. The summed E-state index contributed by atoms with van der Waals surface area (Å²) in [5.74, 6) is 0.0976. The maximum Gasteiger partial charge on any atom is 0.163 e. The molecule has 3 nitrogen and oxygen atoms in total. The molecule has 0 fully saturated rings. The number of halogens is 1. The van der Waals surface area contributed by atoms with Gasteiger partial charge in [-0.1, -0.05) is 12.1 Å². The second-order valence-electron chi connectivity index (χ2n) is 4.56. The van der Waals surface area contributed by atoms with Crippen LogP contribution in [0.5, 0.6) is 11.5 Å². The number of aliphatic hydroxyl groups excluding tert-OH is 1. The molecule has 0 saturated carbocycles. The summed E-state index contributed by atoms with van der Waals surface area (Å²) in [6.45, 7) is 2.87. The van der Waals surface area contributed by atoms with Gasteiger partial charge in [-0.3, -0.25) is 4.79 Å². The predicted octanol–water partition coefficient (Wildman–Crippen LogP) is 3.62. The molecule has 0 amide bonds. The van der Waals surface area contributed by atoms with Gasteiger partial charge in [0, 0.05) is 0 Å². The topological polar surface area (TPSA) is 46.5 Å². The summed E-state index contributed by atoms with van der Waals surface area (Å²) >= 11 is 0. The Morgan fingerprint density at radius 3 is 2.70 bits per heavy atom. The highest BCUT2D eigenvalue weighted by Crippen LogP contribution is 2.29. The van der Waals surface area contributed by atoms with Crippen LogP contribution >= 0.6 is 0 Å². The summed E-state index contributed by atoms with van der Waals surface area (Å²) < 4.78 is 19.2. The Balaban J connectivity index is 2.41. The van der Waals surface area contributed by atoms with Crippen LogP contribution in [0.2, 0.25) is 0 Å². The first-order valence-electron chi connectivity index (χ1n) is 6.20. The standard InChI is InChI=1S/C16H15FO3/c1-10-6-16(14(11(2)19)8-15(10)17)20-13-5-3-4-12(7-13)9-18/h3-8,18H,9H2,1-2H3. The zero-order valence-corrected chi connectivity index (χ0v) is 11.3. The first kappa shape index (κ1) is 14.2. The molecule has 0 aliphatic heterocycles. The van der Waals surface area contributed by atoms with Crippen LogP contribution in [0, 0.1) is 12.7 Å². The van der Waals surface area contributed by atoms with E-state index in [0.717, 1.165) is 0 Å². The Labute approximate surface area is 116 Å². The molecule has 1 N–H and O–H groups in total. The summed E-state index contributed by atoms with van der Waals surface area (Å²) in [4.78, 5) is 11.6. The van der Waals surface area contributed by atoms with Gasteiger partial charge in [0.15, 0.2) is 5.78 Å². The second-order valence-corrected chi connectivity index (χ2v) is 4.56. The fourth-order valence-corrected chi connectivity index (χ4v) is 1.85. The summed E-state index contributed by atoms with van der Waals surface area (Å²) in [7, 11) is 0. The number of hydrogen-bond donors (Lipinski definition) is 1. The maximum atomic E-state index is 13.5. The van der Waals surface area contributed by atoms with Crippen molar-refractivity contribution >= 4 is 5.78 Å². The van der Waals surface area contributed by atoms with E-state index in [0.29, 0.717) is 22.6 Å². The van der Waals surface area contributed by atoms with Gasteiger partial charge < -0.3 is 9.84 Å². The highest BCUT2D eigenvalue weighted by molar-refractivity contribution is 5.97. The van der Waals surface area contributed by atoms with Crippen LogP contribution in [-0.4, -0.2) is 10.9 Å². The molecule has 0 atom stereocenters. The van der Waals surface area contributed by atoms with E-state index < -0.39 is 5.82 Å². The van der Waals surface area contributed by atoms with Crippen molar-refractivity contribution in [3.05, 3.63) is 58.9 Å². The summed E-state index contributed by atoms with van der Waals surface area (Å²) in [5.41, 5.74) is 1.30. The number of benzene rings is 2. The molecule has 0 spiro atoms. The van der Waals surface area contributed by atoms with Gasteiger partial charge in [-0.2, -0.15) is 0 Å². The van der Waals surface area contributed by atoms with Crippen LogP contribution in [0.1, 0.15) is 28.4 Å². The number of ether oxygens (including phenoxy) is 1. The molecular formula is C16H15FO3. The van der Waals surface area contributed by atoms with Crippen molar-refractivity contribution in [2.24, 2.45) is 0 Å². The van der Waals surface area contributed by atoms with Crippen molar-refractivity contribution in [1.82, 2.24) is 0 Å². The highest BCUT2D eigenvalue weighted by atomic mass is 19.1.